The summed E-state index contributed by atoms with van der Waals surface area (Å²) in [5, 5.41) is 14.1. The summed E-state index contributed by atoms with van der Waals surface area (Å²) in [5.41, 5.74) is -0.821. The topological polar surface area (TPSA) is 85.7 Å². The van der Waals surface area contributed by atoms with Crippen LogP contribution in [-0.2, 0) is 16.1 Å². The molecule has 0 spiro atoms. The summed E-state index contributed by atoms with van der Waals surface area (Å²) in [6.45, 7) is 10.1. The highest BCUT2D eigenvalue weighted by atomic mass is 35.5. The Hall–Kier alpha value is -2.30. The predicted molar refractivity (Wildman–Crippen MR) is 134 cm³/mol. The van der Waals surface area contributed by atoms with Gasteiger partial charge in [-0.1, -0.05) is 56.8 Å². The molecule has 0 radical (unpaired) electrons. The summed E-state index contributed by atoms with van der Waals surface area (Å²) < 4.78 is 5.43. The molecule has 2 aliphatic rings. The van der Waals surface area contributed by atoms with Gasteiger partial charge in [-0.15, -0.1) is 0 Å². The van der Waals surface area contributed by atoms with Gasteiger partial charge >= 0.3 is 6.09 Å². The molecule has 7 nitrogen and oxygen atoms in total. The molecule has 2 fully saturated rings. The van der Waals surface area contributed by atoms with Gasteiger partial charge < -0.3 is 19.9 Å². The Morgan fingerprint density at radius 2 is 1.76 bits per heavy atom. The number of halogens is 1. The monoisotopic (exact) mass is 490 g/mol. The number of amides is 2. The molecule has 8 heteroatoms. The Bertz CT molecular complexity index is 848. The summed E-state index contributed by atoms with van der Waals surface area (Å²) in [5.74, 6) is -0.143. The van der Waals surface area contributed by atoms with Crippen LogP contribution >= 0.6 is 11.6 Å². The first-order valence-electron chi connectivity index (χ1n) is 12.3. The molecule has 1 saturated carbocycles. The average molecular weight is 491 g/mol. The summed E-state index contributed by atoms with van der Waals surface area (Å²) in [6, 6.07) is 9.90. The van der Waals surface area contributed by atoms with Crippen molar-refractivity contribution in [3.8, 4) is 6.07 Å². The molecule has 188 valence electrons. The summed E-state index contributed by atoms with van der Waals surface area (Å²) in [4.78, 5) is 28.8. The second-order valence-electron chi connectivity index (χ2n) is 9.80. The summed E-state index contributed by atoms with van der Waals surface area (Å²) in [6.07, 6.45) is 5.26. The van der Waals surface area contributed by atoms with Crippen molar-refractivity contribution in [2.24, 2.45) is 0 Å². The number of rotatable bonds is 6. The van der Waals surface area contributed by atoms with Gasteiger partial charge in [-0.05, 0) is 51.3 Å². The third kappa shape index (κ3) is 7.61. The van der Waals surface area contributed by atoms with Crippen LogP contribution in [0.1, 0.15) is 72.3 Å². The molecule has 1 aliphatic heterocycles. The maximum Gasteiger partial charge on any atom is 0.410 e. The van der Waals surface area contributed by atoms with E-state index in [9.17, 15) is 14.9 Å². The Morgan fingerprint density at radius 3 is 2.29 bits per heavy atom. The van der Waals surface area contributed by atoms with Gasteiger partial charge in [0.2, 0.25) is 5.91 Å². The zero-order valence-corrected chi connectivity index (χ0v) is 22.0. The van der Waals surface area contributed by atoms with E-state index in [1.807, 2.05) is 26.0 Å². The molecule has 0 aromatic heterocycles. The highest BCUT2D eigenvalue weighted by molar-refractivity contribution is 6.30. The Labute approximate surface area is 209 Å². The Balaban J connectivity index is 0.00000199. The average Bonchev–Trinajstić information content (AvgIpc) is 2.78. The molecule has 2 amide bonds. The van der Waals surface area contributed by atoms with E-state index < -0.39 is 17.2 Å². The first kappa shape index (κ1) is 27.9. The van der Waals surface area contributed by atoms with E-state index in [2.05, 4.69) is 11.4 Å². The molecule has 0 atom stereocenters. The van der Waals surface area contributed by atoms with E-state index in [0.717, 1.165) is 18.4 Å². The second kappa shape index (κ2) is 12.4. The molecule has 3 rings (SSSR count). The minimum atomic E-state index is -1.08. The molecule has 0 bridgehead atoms. The molecule has 1 aromatic rings. The highest BCUT2D eigenvalue weighted by Crippen LogP contribution is 2.31. The van der Waals surface area contributed by atoms with Gasteiger partial charge in [0.1, 0.15) is 5.60 Å². The quantitative estimate of drug-likeness (QED) is 0.597. The molecule has 1 aromatic carbocycles. The van der Waals surface area contributed by atoms with Crippen LogP contribution in [0.4, 0.5) is 4.79 Å². The van der Waals surface area contributed by atoms with Crippen molar-refractivity contribution in [1.29, 1.82) is 5.26 Å². The lowest BCUT2D eigenvalue weighted by Gasteiger charge is -2.51. The number of carbonyl (C=O) groups excluding carboxylic acids is 2. The van der Waals surface area contributed by atoms with E-state index in [1.54, 1.807) is 37.8 Å². The zero-order valence-electron chi connectivity index (χ0n) is 21.2. The fourth-order valence-electron chi connectivity index (χ4n) is 4.23. The minimum absolute atomic E-state index is 0.126. The van der Waals surface area contributed by atoms with Crippen molar-refractivity contribution in [2.45, 2.75) is 90.4 Å². The van der Waals surface area contributed by atoms with Gasteiger partial charge in [0.05, 0.1) is 25.7 Å². The number of ether oxygens (including phenoxy) is 1. The van der Waals surface area contributed by atoms with Gasteiger partial charge in [-0.3, -0.25) is 4.79 Å². The van der Waals surface area contributed by atoms with Crippen LogP contribution in [0, 0.1) is 11.3 Å². The van der Waals surface area contributed by atoms with Gasteiger partial charge in [-0.2, -0.15) is 5.26 Å². The molecule has 1 saturated heterocycles. The van der Waals surface area contributed by atoms with Crippen molar-refractivity contribution < 1.29 is 14.3 Å². The fraction of sp³-hybridized carbons (Fsp3) is 0.654. The lowest BCUT2D eigenvalue weighted by Crippen LogP contribution is -2.72. The molecule has 1 N–H and O–H groups in total. The molecular weight excluding hydrogens is 452 g/mol. The normalized spacial score (nSPS) is 17.5. The molecule has 0 unspecified atom stereocenters. The van der Waals surface area contributed by atoms with E-state index in [1.165, 1.54) is 24.2 Å². The van der Waals surface area contributed by atoms with Crippen molar-refractivity contribution >= 4 is 23.6 Å². The van der Waals surface area contributed by atoms with Crippen LogP contribution in [0.3, 0.4) is 0 Å². The number of hydrogen-bond acceptors (Lipinski definition) is 5. The first-order valence-corrected chi connectivity index (χ1v) is 12.7. The van der Waals surface area contributed by atoms with Crippen LogP contribution in [0.25, 0.3) is 0 Å². The summed E-state index contributed by atoms with van der Waals surface area (Å²) in [7, 11) is 0. The van der Waals surface area contributed by atoms with Crippen LogP contribution in [0.5, 0.6) is 0 Å². The molecule has 1 heterocycles. The largest absolute Gasteiger partial charge is 0.444 e. The number of nitrogens with one attached hydrogen (secondary N) is 1. The highest BCUT2D eigenvalue weighted by Gasteiger charge is 2.52. The van der Waals surface area contributed by atoms with Gasteiger partial charge in [-0.25, -0.2) is 4.79 Å². The van der Waals surface area contributed by atoms with Crippen LogP contribution < -0.4 is 5.32 Å². The zero-order chi connectivity index (χ0) is 25.4. The number of benzene rings is 1. The standard InChI is InChI=1S/C24H33ClN4O3.C2H6/c1-23(2,3)32-22(31)28-16-24(15-26,17-28)29(14-18-9-11-19(25)12-10-18)21(30)13-27-20-7-5-4-6-8-20;1-2/h9-12,20,27H,4-8,13-14,16-17H2,1-3H3;1-2H3. The van der Waals surface area contributed by atoms with E-state index >= 15 is 0 Å². The maximum atomic E-state index is 13.3. The third-order valence-corrected chi connectivity index (χ3v) is 6.24. The van der Waals surface area contributed by atoms with Crippen molar-refractivity contribution in [1.82, 2.24) is 15.1 Å². The smallest absolute Gasteiger partial charge is 0.410 e. The number of carbonyl (C=O) groups is 2. The van der Waals surface area contributed by atoms with Gasteiger partial charge in [0, 0.05) is 17.6 Å². The minimum Gasteiger partial charge on any atom is -0.444 e. The number of nitriles is 1. The number of likely N-dealkylation sites (tertiary alicyclic amines) is 1. The number of nitrogens with zero attached hydrogens (tertiary/aromatic N) is 3. The summed E-state index contributed by atoms with van der Waals surface area (Å²) >= 11 is 6.01. The van der Waals surface area contributed by atoms with Crippen LogP contribution in [0.15, 0.2) is 24.3 Å². The van der Waals surface area contributed by atoms with Gasteiger partial charge in [0.25, 0.3) is 0 Å². The molecule has 1 aliphatic carbocycles. The molecular formula is C26H39ClN4O3. The van der Waals surface area contributed by atoms with Crippen molar-refractivity contribution in [3.05, 3.63) is 34.9 Å². The number of hydrogen-bond donors (Lipinski definition) is 1. The van der Waals surface area contributed by atoms with E-state index in [0.29, 0.717) is 11.1 Å². The van der Waals surface area contributed by atoms with Crippen molar-refractivity contribution in [3.63, 3.8) is 0 Å². The van der Waals surface area contributed by atoms with Crippen molar-refractivity contribution in [2.75, 3.05) is 19.6 Å². The molecule has 34 heavy (non-hydrogen) atoms. The SMILES string of the molecule is CC.CC(C)(C)OC(=O)N1CC(C#N)(N(Cc2ccc(Cl)cc2)C(=O)CNC2CCCCC2)C1. The first-order chi connectivity index (χ1) is 16.1. The van der Waals surface area contributed by atoms with Crippen LogP contribution in [-0.4, -0.2) is 58.6 Å². The maximum absolute atomic E-state index is 13.3. The lowest BCUT2D eigenvalue weighted by atomic mass is 9.88. The second-order valence-corrected chi connectivity index (χ2v) is 10.2. The Kier molecular flexibility index (Phi) is 10.2. The third-order valence-electron chi connectivity index (χ3n) is 5.98. The van der Waals surface area contributed by atoms with Crippen LogP contribution in [0.2, 0.25) is 5.02 Å². The lowest BCUT2D eigenvalue weighted by molar-refractivity contribution is -0.142. The van der Waals surface area contributed by atoms with Gasteiger partial charge in [0.15, 0.2) is 5.54 Å². The predicted octanol–water partition coefficient (Wildman–Crippen LogP) is 5.13. The fourth-order valence-corrected chi connectivity index (χ4v) is 4.35. The van der Waals surface area contributed by atoms with E-state index in [-0.39, 0.29) is 32.1 Å². The van der Waals surface area contributed by atoms with E-state index in [4.69, 9.17) is 16.3 Å². The Morgan fingerprint density at radius 1 is 1.18 bits per heavy atom.